The third kappa shape index (κ3) is 4.62. The van der Waals surface area contributed by atoms with Crippen molar-refractivity contribution in [1.82, 2.24) is 29.4 Å². The van der Waals surface area contributed by atoms with Crippen LogP contribution in [-0.4, -0.2) is 86.5 Å². The molecule has 0 amide bonds. The zero-order chi connectivity index (χ0) is 24.3. The fourth-order valence-corrected chi connectivity index (χ4v) is 5.12. The van der Waals surface area contributed by atoms with E-state index in [0.717, 1.165) is 49.7 Å². The summed E-state index contributed by atoms with van der Waals surface area (Å²) in [5, 5.41) is 9.90. The largest absolute Gasteiger partial charge is 0.394 e. The molecular formula is C26H30N8O2. The molecule has 2 aliphatic heterocycles. The standard InChI is InChI=1S/C26H30N8O2/c35-17-22-15-31(14-20-6-8-27-9-7-20)16-23(36-22)34-19-30-24-25(28-18-29-26(24)34)33-12-10-32(11-13-33)21-4-2-1-3-5-21/h1-9,18-19,22-23,35H,10-17H2/t22-,23+/m0/s1. The fraction of sp³-hybridized carbons (Fsp3) is 0.385. The van der Waals surface area contributed by atoms with E-state index in [1.807, 2.05) is 22.8 Å². The molecule has 4 aromatic rings. The number of pyridine rings is 1. The molecule has 1 N–H and O–H groups in total. The van der Waals surface area contributed by atoms with Crippen LogP contribution in [0.1, 0.15) is 11.8 Å². The lowest BCUT2D eigenvalue weighted by Gasteiger charge is -2.38. The van der Waals surface area contributed by atoms with Gasteiger partial charge >= 0.3 is 0 Å². The fourth-order valence-electron chi connectivity index (χ4n) is 5.12. The normalized spacial score (nSPS) is 21.2. The van der Waals surface area contributed by atoms with Crippen LogP contribution in [0.2, 0.25) is 0 Å². The van der Waals surface area contributed by atoms with Gasteiger partial charge in [0.2, 0.25) is 0 Å². The molecule has 0 radical (unpaired) electrons. The topological polar surface area (TPSA) is 95.7 Å². The number of anilines is 2. The molecule has 1 aromatic carbocycles. The first kappa shape index (κ1) is 22.8. The minimum Gasteiger partial charge on any atom is -0.394 e. The lowest BCUT2D eigenvalue weighted by Crippen LogP contribution is -2.47. The number of hydrogen-bond acceptors (Lipinski definition) is 9. The first-order valence-corrected chi connectivity index (χ1v) is 12.4. The van der Waals surface area contributed by atoms with Gasteiger partial charge in [0.15, 0.2) is 17.0 Å². The summed E-state index contributed by atoms with van der Waals surface area (Å²) in [6.45, 7) is 5.61. The quantitative estimate of drug-likeness (QED) is 0.439. The van der Waals surface area contributed by atoms with E-state index >= 15 is 0 Å². The summed E-state index contributed by atoms with van der Waals surface area (Å²) in [5.41, 5.74) is 3.95. The Morgan fingerprint density at radius 2 is 1.67 bits per heavy atom. The highest BCUT2D eigenvalue weighted by atomic mass is 16.5. The van der Waals surface area contributed by atoms with Crippen molar-refractivity contribution in [3.05, 3.63) is 73.1 Å². The Bertz CT molecular complexity index is 1280. The number of aliphatic hydroxyl groups is 1. The van der Waals surface area contributed by atoms with Crippen LogP contribution in [0.3, 0.4) is 0 Å². The van der Waals surface area contributed by atoms with Gasteiger partial charge < -0.3 is 19.6 Å². The van der Waals surface area contributed by atoms with Gasteiger partial charge in [0.1, 0.15) is 12.6 Å². The summed E-state index contributed by atoms with van der Waals surface area (Å²) in [7, 11) is 0. The maximum absolute atomic E-state index is 9.90. The van der Waals surface area contributed by atoms with Gasteiger partial charge in [0.05, 0.1) is 19.0 Å². The number of aromatic nitrogens is 5. The summed E-state index contributed by atoms with van der Waals surface area (Å²) >= 11 is 0. The second-order valence-corrected chi connectivity index (χ2v) is 9.28. The molecule has 0 spiro atoms. The van der Waals surface area contributed by atoms with Crippen LogP contribution < -0.4 is 9.80 Å². The highest BCUT2D eigenvalue weighted by molar-refractivity contribution is 5.83. The van der Waals surface area contributed by atoms with Crippen molar-refractivity contribution in [2.75, 3.05) is 55.7 Å². The Kier molecular flexibility index (Phi) is 6.46. The summed E-state index contributed by atoms with van der Waals surface area (Å²) in [5.74, 6) is 0.856. The zero-order valence-electron chi connectivity index (χ0n) is 20.1. The molecular weight excluding hydrogens is 456 g/mol. The number of ether oxygens (including phenoxy) is 1. The van der Waals surface area contributed by atoms with E-state index in [2.05, 4.69) is 53.9 Å². The summed E-state index contributed by atoms with van der Waals surface area (Å²) in [6, 6.07) is 14.5. The molecule has 0 bridgehead atoms. The number of nitrogens with zero attached hydrogens (tertiary/aromatic N) is 8. The van der Waals surface area contributed by atoms with Crippen molar-refractivity contribution >= 4 is 22.7 Å². The van der Waals surface area contributed by atoms with Crippen molar-refractivity contribution in [1.29, 1.82) is 0 Å². The van der Waals surface area contributed by atoms with Gasteiger partial charge in [-0.3, -0.25) is 14.5 Å². The molecule has 2 aliphatic rings. The van der Waals surface area contributed by atoms with Crippen molar-refractivity contribution < 1.29 is 9.84 Å². The first-order chi connectivity index (χ1) is 17.8. The average Bonchev–Trinajstić information content (AvgIpc) is 3.38. The van der Waals surface area contributed by atoms with Crippen molar-refractivity contribution in [3.8, 4) is 0 Å². The molecule has 186 valence electrons. The van der Waals surface area contributed by atoms with E-state index < -0.39 is 0 Å². The maximum atomic E-state index is 9.90. The smallest absolute Gasteiger partial charge is 0.167 e. The van der Waals surface area contributed by atoms with E-state index in [-0.39, 0.29) is 18.9 Å². The number of morpholine rings is 1. The predicted octanol–water partition coefficient (Wildman–Crippen LogP) is 1.94. The van der Waals surface area contributed by atoms with Crippen LogP contribution in [0.4, 0.5) is 11.5 Å². The van der Waals surface area contributed by atoms with Crippen LogP contribution >= 0.6 is 0 Å². The number of piperazine rings is 1. The molecule has 6 rings (SSSR count). The van der Waals surface area contributed by atoms with Crippen molar-refractivity contribution in [2.45, 2.75) is 18.9 Å². The van der Waals surface area contributed by atoms with Crippen LogP contribution in [0.25, 0.3) is 11.2 Å². The average molecular weight is 487 g/mol. The Labute approximate surface area is 209 Å². The van der Waals surface area contributed by atoms with Crippen molar-refractivity contribution in [2.24, 2.45) is 0 Å². The monoisotopic (exact) mass is 486 g/mol. The predicted molar refractivity (Wildman–Crippen MR) is 137 cm³/mol. The Morgan fingerprint density at radius 1 is 0.889 bits per heavy atom. The molecule has 3 aromatic heterocycles. The highest BCUT2D eigenvalue weighted by Gasteiger charge is 2.31. The molecule has 36 heavy (non-hydrogen) atoms. The van der Waals surface area contributed by atoms with Gasteiger partial charge in [0.25, 0.3) is 0 Å². The molecule has 0 aliphatic carbocycles. The SMILES string of the molecule is OC[C@@H]1CN(Cc2ccncc2)C[C@H](n2cnc3c(N4CCN(c5ccccc5)CC4)ncnc32)O1. The maximum Gasteiger partial charge on any atom is 0.167 e. The van der Waals surface area contributed by atoms with Crippen LogP contribution in [0.5, 0.6) is 0 Å². The lowest BCUT2D eigenvalue weighted by molar-refractivity contribution is -0.135. The number of hydrogen-bond donors (Lipinski definition) is 1. The second-order valence-electron chi connectivity index (χ2n) is 9.28. The van der Waals surface area contributed by atoms with E-state index in [1.165, 1.54) is 11.3 Å². The molecule has 10 heteroatoms. The Balaban J connectivity index is 1.21. The molecule has 2 fully saturated rings. The van der Waals surface area contributed by atoms with Gasteiger partial charge in [-0.25, -0.2) is 15.0 Å². The van der Waals surface area contributed by atoms with Gasteiger partial charge in [-0.1, -0.05) is 18.2 Å². The van der Waals surface area contributed by atoms with E-state index in [1.54, 1.807) is 25.0 Å². The Morgan fingerprint density at radius 3 is 2.44 bits per heavy atom. The lowest BCUT2D eigenvalue weighted by atomic mass is 10.2. The van der Waals surface area contributed by atoms with Gasteiger partial charge in [0, 0.05) is 63.9 Å². The minimum absolute atomic E-state index is 0.0398. The van der Waals surface area contributed by atoms with Crippen molar-refractivity contribution in [3.63, 3.8) is 0 Å². The number of rotatable bonds is 6. The summed E-state index contributed by atoms with van der Waals surface area (Å²) < 4.78 is 8.22. The number of benzene rings is 1. The van der Waals surface area contributed by atoms with E-state index in [4.69, 9.17) is 9.72 Å². The minimum atomic E-state index is -0.305. The van der Waals surface area contributed by atoms with Crippen LogP contribution in [-0.2, 0) is 11.3 Å². The number of para-hydroxylation sites is 1. The van der Waals surface area contributed by atoms with Crippen LogP contribution in [0, 0.1) is 0 Å². The van der Waals surface area contributed by atoms with Gasteiger partial charge in [-0.05, 0) is 29.8 Å². The van der Waals surface area contributed by atoms with Gasteiger partial charge in [-0.2, -0.15) is 0 Å². The molecule has 10 nitrogen and oxygen atoms in total. The van der Waals surface area contributed by atoms with E-state index in [9.17, 15) is 5.11 Å². The van der Waals surface area contributed by atoms with E-state index in [0.29, 0.717) is 13.1 Å². The molecule has 2 saturated heterocycles. The van der Waals surface area contributed by atoms with Crippen LogP contribution in [0.15, 0.2) is 67.5 Å². The summed E-state index contributed by atoms with van der Waals surface area (Å²) in [6.07, 6.45) is 6.42. The molecule has 0 unspecified atom stereocenters. The molecule has 0 saturated carbocycles. The van der Waals surface area contributed by atoms with Gasteiger partial charge in [-0.15, -0.1) is 0 Å². The molecule has 2 atom stereocenters. The third-order valence-electron chi connectivity index (χ3n) is 6.94. The number of fused-ring (bicyclic) bond motifs is 1. The third-order valence-corrected chi connectivity index (χ3v) is 6.94. The highest BCUT2D eigenvalue weighted by Crippen LogP contribution is 2.29. The summed E-state index contributed by atoms with van der Waals surface area (Å²) in [4.78, 5) is 25.0. The molecule has 5 heterocycles. The first-order valence-electron chi connectivity index (χ1n) is 12.4. The Hall–Kier alpha value is -3.60. The zero-order valence-corrected chi connectivity index (χ0v) is 20.1. The second kappa shape index (κ2) is 10.2. The number of aliphatic hydroxyl groups excluding tert-OH is 1. The number of imidazole rings is 1.